The maximum Gasteiger partial charge on any atom is 0.228 e. The molecule has 5 nitrogen and oxygen atoms in total. The number of carboxylic acid groups (broad SMARTS) is 1. The Kier molecular flexibility index (Phi) is 4.62. The number of benzene rings is 1. The van der Waals surface area contributed by atoms with Crippen LogP contribution in [0.4, 0.5) is 11.4 Å². The number of allylic oxidation sites excluding steroid dienone is 2. The molecule has 0 heterocycles. The third-order valence-electron chi connectivity index (χ3n) is 3.72. The molecule has 2 rings (SSSR count). The lowest BCUT2D eigenvalue weighted by Crippen LogP contribution is -2.41. The molecule has 0 aromatic heterocycles. The largest absolute Gasteiger partial charge is 0.550 e. The number of carbonyl (C=O) groups excluding carboxylic acids is 2. The summed E-state index contributed by atoms with van der Waals surface area (Å²) in [5, 5.41) is 13.9. The van der Waals surface area contributed by atoms with Crippen LogP contribution in [-0.2, 0) is 9.59 Å². The lowest BCUT2D eigenvalue weighted by Gasteiger charge is -2.28. The van der Waals surface area contributed by atoms with Crippen LogP contribution in [0.2, 0.25) is 0 Å². The van der Waals surface area contributed by atoms with Crippen molar-refractivity contribution >= 4 is 23.3 Å². The number of hydrogen-bond donors (Lipinski definition) is 1. The van der Waals surface area contributed by atoms with E-state index in [1.165, 1.54) is 0 Å². The van der Waals surface area contributed by atoms with Gasteiger partial charge in [0, 0.05) is 37.4 Å². The highest BCUT2D eigenvalue weighted by atomic mass is 16.4. The Morgan fingerprint density at radius 3 is 2.19 bits per heavy atom. The minimum atomic E-state index is -1.16. The predicted molar refractivity (Wildman–Crippen MR) is 79.8 cm³/mol. The van der Waals surface area contributed by atoms with E-state index in [0.29, 0.717) is 18.5 Å². The van der Waals surface area contributed by atoms with Crippen molar-refractivity contribution < 1.29 is 14.7 Å². The Morgan fingerprint density at radius 2 is 1.67 bits per heavy atom. The zero-order chi connectivity index (χ0) is 15.4. The number of carbonyl (C=O) groups is 2. The van der Waals surface area contributed by atoms with Crippen LogP contribution in [0.1, 0.15) is 12.8 Å². The van der Waals surface area contributed by atoms with Crippen LogP contribution in [0, 0.1) is 11.8 Å². The molecule has 1 aromatic carbocycles. The van der Waals surface area contributed by atoms with Gasteiger partial charge in [0.25, 0.3) is 0 Å². The van der Waals surface area contributed by atoms with Gasteiger partial charge in [0.2, 0.25) is 5.91 Å². The highest BCUT2D eigenvalue weighted by molar-refractivity contribution is 5.95. The van der Waals surface area contributed by atoms with Gasteiger partial charge in [0.05, 0.1) is 5.92 Å². The first kappa shape index (κ1) is 15.1. The van der Waals surface area contributed by atoms with Gasteiger partial charge in [-0.3, -0.25) is 4.79 Å². The van der Waals surface area contributed by atoms with Crippen LogP contribution < -0.4 is 15.3 Å². The Labute approximate surface area is 124 Å². The normalized spacial score (nSPS) is 20.9. The summed E-state index contributed by atoms with van der Waals surface area (Å²) in [4.78, 5) is 25.3. The first-order chi connectivity index (χ1) is 9.99. The maximum atomic E-state index is 12.3. The molecule has 21 heavy (non-hydrogen) atoms. The summed E-state index contributed by atoms with van der Waals surface area (Å²) < 4.78 is 0. The molecule has 0 saturated heterocycles. The molecule has 1 aromatic rings. The summed E-state index contributed by atoms with van der Waals surface area (Å²) in [6.45, 7) is 0. The number of amides is 1. The van der Waals surface area contributed by atoms with Gasteiger partial charge in [-0.2, -0.15) is 0 Å². The van der Waals surface area contributed by atoms with Crippen molar-refractivity contribution in [3.63, 3.8) is 0 Å². The number of carboxylic acids is 1. The molecule has 0 spiro atoms. The van der Waals surface area contributed by atoms with Crippen molar-refractivity contribution in [1.29, 1.82) is 0 Å². The number of rotatable bonds is 4. The highest BCUT2D eigenvalue weighted by Crippen LogP contribution is 2.27. The number of nitrogens with zero attached hydrogens (tertiary/aromatic N) is 1. The van der Waals surface area contributed by atoms with E-state index in [0.717, 1.165) is 5.69 Å². The van der Waals surface area contributed by atoms with Crippen molar-refractivity contribution in [2.45, 2.75) is 12.8 Å². The van der Waals surface area contributed by atoms with Crippen LogP contribution in [0.15, 0.2) is 36.4 Å². The van der Waals surface area contributed by atoms with Gasteiger partial charge in [-0.05, 0) is 37.1 Å². The van der Waals surface area contributed by atoms with Crippen molar-refractivity contribution in [2.24, 2.45) is 11.8 Å². The van der Waals surface area contributed by atoms with E-state index in [1.807, 2.05) is 37.2 Å². The molecule has 5 heteroatoms. The van der Waals surface area contributed by atoms with Gasteiger partial charge in [-0.1, -0.05) is 12.2 Å². The lowest BCUT2D eigenvalue weighted by molar-refractivity contribution is -0.313. The van der Waals surface area contributed by atoms with E-state index in [1.54, 1.807) is 18.2 Å². The molecule has 1 amide bonds. The van der Waals surface area contributed by atoms with E-state index in [-0.39, 0.29) is 5.91 Å². The van der Waals surface area contributed by atoms with Crippen molar-refractivity contribution in [3.8, 4) is 0 Å². The first-order valence-corrected chi connectivity index (χ1v) is 6.93. The second-order valence-electron chi connectivity index (χ2n) is 5.41. The third-order valence-corrected chi connectivity index (χ3v) is 3.72. The molecule has 112 valence electrons. The molecule has 0 radical (unpaired) electrons. The fraction of sp³-hybridized carbons (Fsp3) is 0.375. The molecule has 0 fully saturated rings. The minimum Gasteiger partial charge on any atom is -0.550 e. The van der Waals surface area contributed by atoms with Crippen LogP contribution in [0.25, 0.3) is 0 Å². The van der Waals surface area contributed by atoms with Gasteiger partial charge in [0.15, 0.2) is 0 Å². The summed E-state index contributed by atoms with van der Waals surface area (Å²) >= 11 is 0. The Balaban J connectivity index is 2.06. The SMILES string of the molecule is CN(C)c1ccc(NC(=O)[C@H]2CC=CC[C@H]2C(=O)[O-])cc1. The van der Waals surface area contributed by atoms with Gasteiger partial charge >= 0.3 is 0 Å². The maximum absolute atomic E-state index is 12.3. The van der Waals surface area contributed by atoms with Gasteiger partial charge in [-0.25, -0.2) is 0 Å². The smallest absolute Gasteiger partial charge is 0.228 e. The van der Waals surface area contributed by atoms with E-state index in [4.69, 9.17) is 0 Å². The average molecular weight is 287 g/mol. The second-order valence-corrected chi connectivity index (χ2v) is 5.41. The average Bonchev–Trinajstić information content (AvgIpc) is 2.47. The number of hydrogen-bond acceptors (Lipinski definition) is 4. The molecular formula is C16H19N2O3-. The standard InChI is InChI=1S/C16H20N2O3/c1-18(2)12-9-7-11(8-10-12)17-15(19)13-5-3-4-6-14(13)16(20)21/h3-4,7-10,13-14H,5-6H2,1-2H3,(H,17,19)(H,20,21)/p-1/t13-,14+/m0/s1. The molecule has 0 aliphatic heterocycles. The highest BCUT2D eigenvalue weighted by Gasteiger charge is 2.29. The molecule has 1 aliphatic rings. The summed E-state index contributed by atoms with van der Waals surface area (Å²) in [7, 11) is 3.87. The fourth-order valence-corrected chi connectivity index (χ4v) is 2.44. The number of aliphatic carboxylic acids is 1. The van der Waals surface area contributed by atoms with Crippen LogP contribution in [-0.4, -0.2) is 26.0 Å². The van der Waals surface area contributed by atoms with Crippen molar-refractivity contribution in [1.82, 2.24) is 0 Å². The summed E-state index contributed by atoms with van der Waals surface area (Å²) in [5.41, 5.74) is 1.69. The quantitative estimate of drug-likeness (QED) is 0.839. The van der Waals surface area contributed by atoms with Crippen molar-refractivity contribution in [3.05, 3.63) is 36.4 Å². The predicted octanol–water partition coefficient (Wildman–Crippen LogP) is 1.02. The molecule has 1 N–H and O–H groups in total. The minimum absolute atomic E-state index is 0.272. The monoisotopic (exact) mass is 287 g/mol. The molecule has 0 unspecified atom stereocenters. The van der Waals surface area contributed by atoms with E-state index in [9.17, 15) is 14.7 Å². The molecular weight excluding hydrogens is 268 g/mol. The fourth-order valence-electron chi connectivity index (χ4n) is 2.44. The second kappa shape index (κ2) is 6.43. The Hall–Kier alpha value is -2.30. The summed E-state index contributed by atoms with van der Waals surface area (Å²) in [5.74, 6) is -2.77. The zero-order valence-corrected chi connectivity index (χ0v) is 12.2. The van der Waals surface area contributed by atoms with Gasteiger partial charge in [0.1, 0.15) is 0 Å². The summed E-state index contributed by atoms with van der Waals surface area (Å²) in [6, 6.07) is 7.40. The van der Waals surface area contributed by atoms with Crippen LogP contribution in [0.3, 0.4) is 0 Å². The van der Waals surface area contributed by atoms with Crippen LogP contribution >= 0.6 is 0 Å². The molecule has 0 saturated carbocycles. The zero-order valence-electron chi connectivity index (χ0n) is 12.2. The third kappa shape index (κ3) is 3.62. The number of anilines is 2. The Morgan fingerprint density at radius 1 is 1.10 bits per heavy atom. The van der Waals surface area contributed by atoms with Crippen molar-refractivity contribution in [2.75, 3.05) is 24.3 Å². The molecule has 2 atom stereocenters. The summed E-state index contributed by atoms with van der Waals surface area (Å²) in [6.07, 6.45) is 4.41. The van der Waals surface area contributed by atoms with E-state index in [2.05, 4.69) is 5.32 Å². The topological polar surface area (TPSA) is 72.5 Å². The first-order valence-electron chi connectivity index (χ1n) is 6.93. The van der Waals surface area contributed by atoms with E-state index >= 15 is 0 Å². The molecule has 1 aliphatic carbocycles. The van der Waals surface area contributed by atoms with Crippen LogP contribution in [0.5, 0.6) is 0 Å². The van der Waals surface area contributed by atoms with E-state index < -0.39 is 17.8 Å². The number of nitrogens with one attached hydrogen (secondary N) is 1. The molecule has 0 bridgehead atoms. The lowest BCUT2D eigenvalue weighted by atomic mass is 9.82. The Bertz CT molecular complexity index is 549. The van der Waals surface area contributed by atoms with Gasteiger partial charge < -0.3 is 20.1 Å². The van der Waals surface area contributed by atoms with Gasteiger partial charge in [-0.15, -0.1) is 0 Å².